The number of esters is 2. The highest BCUT2D eigenvalue weighted by Gasteiger charge is 2.41. The van der Waals surface area contributed by atoms with E-state index in [4.69, 9.17) is 13.9 Å². The van der Waals surface area contributed by atoms with E-state index in [1.807, 2.05) is 24.3 Å². The van der Waals surface area contributed by atoms with Crippen LogP contribution in [-0.2, 0) is 23.5 Å². The second-order valence-electron chi connectivity index (χ2n) is 8.58. The average Bonchev–Trinajstić information content (AvgIpc) is 2.93. The molecule has 28 heavy (non-hydrogen) atoms. The lowest BCUT2D eigenvalue weighted by molar-refractivity contribution is -0.141. The summed E-state index contributed by atoms with van der Waals surface area (Å²) in [5, 5.41) is 0.0567. The van der Waals surface area contributed by atoms with Gasteiger partial charge >= 0.3 is 11.9 Å². The molecule has 0 amide bonds. The maximum atomic E-state index is 12.8. The highest BCUT2D eigenvalue weighted by molar-refractivity contribution is 6.74. The minimum absolute atomic E-state index is 0.0567. The van der Waals surface area contributed by atoms with Crippen molar-refractivity contribution in [3.05, 3.63) is 41.0 Å². The molecular weight excluding hydrogens is 372 g/mol. The minimum Gasteiger partial charge on any atom is -0.469 e. The summed E-state index contributed by atoms with van der Waals surface area (Å²) in [4.78, 5) is 24.9. The molecule has 1 aromatic carbocycles. The number of rotatable bonds is 7. The molecule has 1 aromatic rings. The lowest BCUT2D eigenvalue weighted by Crippen LogP contribution is -2.41. The van der Waals surface area contributed by atoms with Gasteiger partial charge in [0.2, 0.25) is 0 Å². The number of fused-ring (bicyclic) bond motifs is 1. The molecule has 0 saturated carbocycles. The van der Waals surface area contributed by atoms with Gasteiger partial charge in [-0.15, -0.1) is 0 Å². The molecule has 0 bridgehead atoms. The van der Waals surface area contributed by atoms with Crippen LogP contribution in [0.1, 0.15) is 51.2 Å². The Hall–Kier alpha value is -1.92. The second kappa shape index (κ2) is 8.62. The summed E-state index contributed by atoms with van der Waals surface area (Å²) in [5.41, 5.74) is 3.25. The quantitative estimate of drug-likeness (QED) is 0.487. The second-order valence-corrected chi connectivity index (χ2v) is 13.4. The number of carbonyl (C=O) groups excluding carboxylic acids is 2. The number of hydrogen-bond donors (Lipinski definition) is 0. The topological polar surface area (TPSA) is 61.8 Å². The van der Waals surface area contributed by atoms with E-state index in [2.05, 4.69) is 33.9 Å². The van der Waals surface area contributed by atoms with Crippen LogP contribution in [0.15, 0.2) is 29.8 Å². The average molecular weight is 405 g/mol. The first-order chi connectivity index (χ1) is 13.0. The van der Waals surface area contributed by atoms with Crippen molar-refractivity contribution in [1.29, 1.82) is 0 Å². The molecule has 0 N–H and O–H groups in total. The van der Waals surface area contributed by atoms with Crippen LogP contribution >= 0.6 is 0 Å². The molecule has 0 aliphatic heterocycles. The maximum Gasteiger partial charge on any atom is 0.335 e. The van der Waals surface area contributed by atoms with E-state index in [-0.39, 0.29) is 35.9 Å². The third kappa shape index (κ3) is 4.55. The highest BCUT2D eigenvalue weighted by atomic mass is 28.4. The molecule has 0 saturated heterocycles. The molecule has 0 spiro atoms. The number of methoxy groups -OCH3 is 1. The van der Waals surface area contributed by atoms with Crippen molar-refractivity contribution >= 4 is 25.8 Å². The molecule has 1 aliphatic carbocycles. The largest absolute Gasteiger partial charge is 0.469 e. The van der Waals surface area contributed by atoms with Gasteiger partial charge < -0.3 is 13.9 Å². The van der Waals surface area contributed by atoms with Crippen LogP contribution < -0.4 is 0 Å². The summed E-state index contributed by atoms with van der Waals surface area (Å²) in [7, 11) is -0.656. The predicted molar refractivity (Wildman–Crippen MR) is 113 cm³/mol. The molecule has 1 unspecified atom stereocenters. The molecule has 2 rings (SSSR count). The Kier molecular flexibility index (Phi) is 6.88. The van der Waals surface area contributed by atoms with Gasteiger partial charge in [-0.1, -0.05) is 45.0 Å². The SMILES string of the molecule is CCOC(=O)C1=C(CO[Si](C)(C)C(C)(C)C)c2ccccc2C1CC(=O)OC. The molecule has 1 atom stereocenters. The van der Waals surface area contributed by atoms with Crippen molar-refractivity contribution in [2.45, 2.75) is 58.2 Å². The van der Waals surface area contributed by atoms with Crippen LogP contribution in [0.4, 0.5) is 0 Å². The summed E-state index contributed by atoms with van der Waals surface area (Å²) in [6.45, 7) is 13.3. The first kappa shape index (κ1) is 22.4. The van der Waals surface area contributed by atoms with E-state index in [1.54, 1.807) is 6.92 Å². The smallest absolute Gasteiger partial charge is 0.335 e. The van der Waals surface area contributed by atoms with Gasteiger partial charge in [-0.05, 0) is 41.8 Å². The molecule has 1 aliphatic rings. The number of benzene rings is 1. The van der Waals surface area contributed by atoms with Crippen molar-refractivity contribution in [3.63, 3.8) is 0 Å². The summed E-state index contributed by atoms with van der Waals surface area (Å²) in [5.74, 6) is -1.12. The Labute approximate surface area is 169 Å². The van der Waals surface area contributed by atoms with Crippen LogP contribution in [0.3, 0.4) is 0 Å². The molecule has 6 heteroatoms. The summed E-state index contributed by atoms with van der Waals surface area (Å²) in [6.07, 6.45) is 0.102. The van der Waals surface area contributed by atoms with Crippen LogP contribution in [0.2, 0.25) is 18.1 Å². The molecule has 154 valence electrons. The predicted octanol–water partition coefficient (Wildman–Crippen LogP) is 4.69. The Morgan fingerprint density at radius 3 is 2.36 bits per heavy atom. The third-order valence-corrected chi connectivity index (χ3v) is 10.3. The van der Waals surface area contributed by atoms with Crippen LogP contribution in [0.5, 0.6) is 0 Å². The van der Waals surface area contributed by atoms with Crippen molar-refractivity contribution in [3.8, 4) is 0 Å². The molecule has 0 aromatic heterocycles. The van der Waals surface area contributed by atoms with Crippen LogP contribution in [0.25, 0.3) is 5.57 Å². The fourth-order valence-electron chi connectivity index (χ4n) is 3.15. The van der Waals surface area contributed by atoms with E-state index < -0.39 is 8.32 Å². The summed E-state index contributed by atoms with van der Waals surface area (Å²) in [6, 6.07) is 7.80. The molecule has 0 heterocycles. The van der Waals surface area contributed by atoms with Gasteiger partial charge in [-0.3, -0.25) is 4.79 Å². The molecule has 0 fully saturated rings. The minimum atomic E-state index is -2.02. The van der Waals surface area contributed by atoms with E-state index in [0.717, 1.165) is 16.7 Å². The van der Waals surface area contributed by atoms with Crippen LogP contribution in [0, 0.1) is 0 Å². The van der Waals surface area contributed by atoms with Crippen molar-refractivity contribution < 1.29 is 23.5 Å². The van der Waals surface area contributed by atoms with Gasteiger partial charge in [0.1, 0.15) is 0 Å². The van der Waals surface area contributed by atoms with Gasteiger partial charge in [0.05, 0.1) is 32.3 Å². The lowest BCUT2D eigenvalue weighted by atomic mass is 9.92. The molecular formula is C22H32O5Si. The van der Waals surface area contributed by atoms with E-state index in [9.17, 15) is 9.59 Å². The Morgan fingerprint density at radius 2 is 1.79 bits per heavy atom. The number of ether oxygens (including phenoxy) is 2. The zero-order chi connectivity index (χ0) is 21.1. The Morgan fingerprint density at radius 1 is 1.14 bits per heavy atom. The number of carbonyl (C=O) groups is 2. The van der Waals surface area contributed by atoms with Gasteiger partial charge in [0.25, 0.3) is 0 Å². The summed E-state index contributed by atoms with van der Waals surface area (Å²) >= 11 is 0. The molecule has 5 nitrogen and oxygen atoms in total. The van der Waals surface area contributed by atoms with Gasteiger partial charge in [0.15, 0.2) is 8.32 Å². The third-order valence-electron chi connectivity index (χ3n) is 5.81. The highest BCUT2D eigenvalue weighted by Crippen LogP contribution is 2.46. The molecule has 0 radical (unpaired) electrons. The maximum absolute atomic E-state index is 12.8. The fraction of sp³-hybridized carbons (Fsp3) is 0.545. The first-order valence-corrected chi connectivity index (χ1v) is 12.6. The van der Waals surface area contributed by atoms with Gasteiger partial charge in [0, 0.05) is 5.92 Å². The number of hydrogen-bond acceptors (Lipinski definition) is 5. The van der Waals surface area contributed by atoms with E-state index >= 15 is 0 Å². The van der Waals surface area contributed by atoms with Crippen molar-refractivity contribution in [2.24, 2.45) is 0 Å². The van der Waals surface area contributed by atoms with Gasteiger partial charge in [-0.25, -0.2) is 4.79 Å². The van der Waals surface area contributed by atoms with Crippen molar-refractivity contribution in [2.75, 3.05) is 20.3 Å². The lowest BCUT2D eigenvalue weighted by Gasteiger charge is -2.36. The van der Waals surface area contributed by atoms with Crippen molar-refractivity contribution in [1.82, 2.24) is 0 Å². The Bertz CT molecular complexity index is 773. The zero-order valence-electron chi connectivity index (χ0n) is 18.0. The monoisotopic (exact) mass is 404 g/mol. The summed E-state index contributed by atoms with van der Waals surface area (Å²) < 4.78 is 16.6. The zero-order valence-corrected chi connectivity index (χ0v) is 19.0. The van der Waals surface area contributed by atoms with E-state index in [0.29, 0.717) is 12.2 Å². The first-order valence-electron chi connectivity index (χ1n) is 9.73. The van der Waals surface area contributed by atoms with Gasteiger partial charge in [-0.2, -0.15) is 0 Å². The Balaban J connectivity index is 2.50. The standard InChI is InChI=1S/C22H32O5Si/c1-8-26-21(24)20-17(13-19(23)25-5)15-11-9-10-12-16(15)18(20)14-27-28(6,7)22(2,3)4/h9-12,17H,8,13-14H2,1-7H3. The van der Waals surface area contributed by atoms with Crippen LogP contribution in [-0.4, -0.2) is 40.6 Å². The van der Waals surface area contributed by atoms with E-state index in [1.165, 1.54) is 7.11 Å². The normalized spacial score (nSPS) is 16.8. The fourth-order valence-corrected chi connectivity index (χ4v) is 4.09.